The molecular weight excluding hydrogens is 821 g/mol. The van der Waals surface area contributed by atoms with Crippen molar-refractivity contribution in [3.8, 4) is 17.1 Å². The Morgan fingerprint density at radius 1 is 1.00 bits per heavy atom. The van der Waals surface area contributed by atoms with Crippen LogP contribution in [0.25, 0.3) is 22.2 Å². The van der Waals surface area contributed by atoms with E-state index in [0.29, 0.717) is 65.6 Å². The number of H-pyrrole nitrogens is 1. The van der Waals surface area contributed by atoms with Crippen LogP contribution in [0.1, 0.15) is 64.1 Å². The van der Waals surface area contributed by atoms with E-state index < -0.39 is 55.5 Å². The lowest BCUT2D eigenvalue weighted by atomic mass is 10.0. The van der Waals surface area contributed by atoms with E-state index in [1.54, 1.807) is 44.3 Å². The summed E-state index contributed by atoms with van der Waals surface area (Å²) in [5.41, 5.74) is 5.04. The number of piperazine rings is 1. The summed E-state index contributed by atoms with van der Waals surface area (Å²) in [4.78, 5) is 65.2. The van der Waals surface area contributed by atoms with Crippen molar-refractivity contribution >= 4 is 45.6 Å². The summed E-state index contributed by atoms with van der Waals surface area (Å²) < 4.78 is 23.5. The van der Waals surface area contributed by atoms with E-state index in [9.17, 15) is 34.6 Å². The molecule has 21 heteroatoms. The lowest BCUT2D eigenvalue weighted by Gasteiger charge is -2.35. The summed E-state index contributed by atoms with van der Waals surface area (Å²) in [6.07, 6.45) is 3.32. The van der Waals surface area contributed by atoms with Gasteiger partial charge in [0.2, 0.25) is 5.91 Å². The molecule has 2 aromatic carbocycles. The number of hydrogen-bond donors (Lipinski definition) is 6. The van der Waals surface area contributed by atoms with E-state index in [4.69, 9.17) is 30.2 Å². The molecule has 4 aromatic rings. The Morgan fingerprint density at radius 2 is 1.71 bits per heavy atom. The van der Waals surface area contributed by atoms with Crippen LogP contribution >= 0.6 is 0 Å². The number of rotatable bonds is 21. The fourth-order valence-electron chi connectivity index (χ4n) is 6.83. The zero-order chi connectivity index (χ0) is 46.3. The van der Waals surface area contributed by atoms with Crippen molar-refractivity contribution in [1.29, 1.82) is 0 Å². The Hall–Kier alpha value is -6.55. The minimum Gasteiger partial charge on any atom is -0.496 e. The minimum atomic E-state index is -0.820. The fourth-order valence-corrected chi connectivity index (χ4v) is 6.83. The smallest absolute Gasteiger partial charge is 0.299 e. The monoisotopic (exact) mass is 876 g/mol. The number of nitrogens with one attached hydrogen (secondary N) is 4. The maximum absolute atomic E-state index is 13.4. The van der Waals surface area contributed by atoms with E-state index in [2.05, 4.69) is 20.9 Å². The first-order valence-corrected chi connectivity index (χ1v) is 20.1. The molecular formula is C42H56N10O11. The van der Waals surface area contributed by atoms with Gasteiger partial charge >= 0.3 is 0 Å². The number of carbonyl (C=O) groups is 3. The van der Waals surface area contributed by atoms with Crippen LogP contribution in [0.2, 0.25) is 0 Å². The lowest BCUT2D eigenvalue weighted by Crippen LogP contribution is -2.49. The number of aromatic nitrogens is 1. The number of fused-ring (bicyclic) bond motifs is 1. The van der Waals surface area contributed by atoms with E-state index in [1.165, 1.54) is 35.3 Å². The van der Waals surface area contributed by atoms with E-state index in [1.807, 2.05) is 27.7 Å². The molecule has 8 N–H and O–H groups in total. The third-order valence-corrected chi connectivity index (χ3v) is 10.3. The molecule has 21 nitrogen and oxygen atoms in total. The largest absolute Gasteiger partial charge is 0.496 e. The second kappa shape index (κ2) is 19.7. The number of amides is 2. The average molecular weight is 877 g/mol. The van der Waals surface area contributed by atoms with Crippen molar-refractivity contribution in [3.05, 3.63) is 92.1 Å². The zero-order valence-electron chi connectivity index (χ0n) is 36.5. The summed E-state index contributed by atoms with van der Waals surface area (Å²) in [7, 11) is 1.49. The second-order valence-electron chi connectivity index (χ2n) is 17.0. The standard InChI is InChI=1S/C42H56N10O11/c1-40(2,48-31-11-8-27(51(56)57)18-32(31)52(58)59)24-62-42(5,6)19-26(43)22-50(44)41(3,4)25-61-23-35(53)46-20-28-9-12-33(63-28)29-10-13-34(60-7)36-30(21-47-37(29)36)38(54)39(55)49-16-14-45-15-17-49/h8-13,18,21-22,45,47-48H,14-17,19-20,23-25,43-44H2,1-7H3,(H,46,53)/b26-22-. The van der Waals surface area contributed by atoms with Crippen LogP contribution in [0.5, 0.6) is 5.75 Å². The van der Waals surface area contributed by atoms with Crippen molar-refractivity contribution in [3.63, 3.8) is 0 Å². The van der Waals surface area contributed by atoms with Gasteiger partial charge in [0.15, 0.2) is 0 Å². The number of Topliss-reactive ketones (excluding diaryl/α,β-unsaturated/α-hetero) is 1. The van der Waals surface area contributed by atoms with Gasteiger partial charge in [0, 0.05) is 62.3 Å². The predicted molar refractivity (Wildman–Crippen MR) is 233 cm³/mol. The maximum atomic E-state index is 13.4. The van der Waals surface area contributed by atoms with Crippen molar-refractivity contribution in [2.24, 2.45) is 11.6 Å². The number of hydrogen-bond acceptors (Lipinski definition) is 16. The van der Waals surface area contributed by atoms with Crippen molar-refractivity contribution in [1.82, 2.24) is 25.5 Å². The number of anilines is 1. The second-order valence-corrected chi connectivity index (χ2v) is 17.0. The number of ketones is 1. The summed E-state index contributed by atoms with van der Waals surface area (Å²) in [5, 5.41) is 33.6. The molecule has 0 aliphatic carbocycles. The first-order chi connectivity index (χ1) is 29.6. The number of nitro benzene ring substituents is 2. The topological polar surface area (TPSA) is 289 Å². The zero-order valence-corrected chi connectivity index (χ0v) is 36.5. The van der Waals surface area contributed by atoms with Crippen molar-refractivity contribution in [2.45, 2.75) is 71.2 Å². The molecule has 2 amide bonds. The molecule has 5 rings (SSSR count). The van der Waals surface area contributed by atoms with Crippen molar-refractivity contribution in [2.75, 3.05) is 58.4 Å². The Kier molecular flexibility index (Phi) is 14.8. The number of non-ortho nitro benzene ring substituents is 1. The first-order valence-electron chi connectivity index (χ1n) is 20.1. The highest BCUT2D eigenvalue weighted by atomic mass is 16.6. The number of methoxy groups -OCH3 is 1. The first kappa shape index (κ1) is 47.5. The molecule has 1 fully saturated rings. The van der Waals surface area contributed by atoms with Gasteiger partial charge in [-0.2, -0.15) is 0 Å². The molecule has 63 heavy (non-hydrogen) atoms. The molecule has 0 atom stereocenters. The molecule has 0 spiro atoms. The normalized spacial score (nSPS) is 13.8. The van der Waals surface area contributed by atoms with E-state index in [-0.39, 0.29) is 44.0 Å². The molecule has 1 saturated heterocycles. The molecule has 1 aliphatic rings. The summed E-state index contributed by atoms with van der Waals surface area (Å²) in [6, 6.07) is 10.3. The predicted octanol–water partition coefficient (Wildman–Crippen LogP) is 4.33. The van der Waals surface area contributed by atoms with Gasteiger partial charge in [-0.15, -0.1) is 0 Å². The number of nitrogens with zero attached hydrogens (tertiary/aromatic N) is 4. The van der Waals surface area contributed by atoms with Gasteiger partial charge in [0.05, 0.1) is 75.9 Å². The Morgan fingerprint density at radius 3 is 2.38 bits per heavy atom. The third-order valence-electron chi connectivity index (χ3n) is 10.3. The highest BCUT2D eigenvalue weighted by Gasteiger charge is 2.31. The van der Waals surface area contributed by atoms with Crippen LogP contribution in [0.3, 0.4) is 0 Å². The number of ether oxygens (including phenoxy) is 3. The molecule has 1 aliphatic heterocycles. The number of aromatic amines is 1. The Bertz CT molecular complexity index is 2360. The van der Waals surface area contributed by atoms with Gasteiger partial charge in [0.25, 0.3) is 23.1 Å². The third kappa shape index (κ3) is 12.1. The minimum absolute atomic E-state index is 0.0646. The molecule has 0 saturated carbocycles. The van der Waals surface area contributed by atoms with Crippen LogP contribution in [0.15, 0.2) is 65.0 Å². The van der Waals surface area contributed by atoms with E-state index in [0.717, 1.165) is 6.07 Å². The van der Waals surface area contributed by atoms with Crippen LogP contribution in [-0.2, 0) is 25.6 Å². The SMILES string of the molecule is COc1ccc(-c2ccc(CNC(=O)COCC(C)(C)N(N)/C=C(\N)CC(C)(C)OCC(C)(C)Nc3ccc([N+](=O)[O-])cc3[N+](=O)[O-])o2)c2[nH]cc(C(=O)C(=O)N3CCNCC3)c12. The highest BCUT2D eigenvalue weighted by molar-refractivity contribution is 6.45. The number of benzene rings is 2. The molecule has 3 heterocycles. The van der Waals surface area contributed by atoms with Gasteiger partial charge in [-0.25, -0.2) is 5.84 Å². The molecule has 0 radical (unpaired) electrons. The number of nitrogens with two attached hydrogens (primary N) is 2. The number of furan rings is 1. The van der Waals surface area contributed by atoms with Gasteiger partial charge in [-0.1, -0.05) is 0 Å². The molecule has 0 bridgehead atoms. The summed E-state index contributed by atoms with van der Waals surface area (Å²) in [5.74, 6) is 6.13. The van der Waals surface area contributed by atoms with Crippen LogP contribution < -0.4 is 32.3 Å². The Labute approximate surface area is 363 Å². The van der Waals surface area contributed by atoms with Gasteiger partial charge in [-0.3, -0.25) is 34.6 Å². The van der Waals surface area contributed by atoms with Crippen molar-refractivity contribution < 1.29 is 42.9 Å². The van der Waals surface area contributed by atoms with Crippen LogP contribution in [0, 0.1) is 20.2 Å². The number of nitro groups is 2. The average Bonchev–Trinajstić information content (AvgIpc) is 3.90. The number of hydrazine groups is 1. The quantitative estimate of drug-likeness (QED) is 0.0223. The van der Waals surface area contributed by atoms with Crippen LogP contribution in [-0.4, -0.2) is 112 Å². The highest BCUT2D eigenvalue weighted by Crippen LogP contribution is 2.37. The number of carbonyl (C=O) groups excluding carboxylic acids is 3. The molecule has 340 valence electrons. The fraction of sp³-hybridized carbons (Fsp3) is 0.452. The summed E-state index contributed by atoms with van der Waals surface area (Å²) in [6.45, 7) is 12.9. The summed E-state index contributed by atoms with van der Waals surface area (Å²) >= 11 is 0. The van der Waals surface area contributed by atoms with E-state index >= 15 is 0 Å². The van der Waals surface area contributed by atoms with Gasteiger partial charge in [0.1, 0.15) is 29.6 Å². The molecule has 2 aromatic heterocycles. The molecule has 0 unspecified atom stereocenters. The Balaban J connectivity index is 1.10. The lowest BCUT2D eigenvalue weighted by molar-refractivity contribution is -0.393. The van der Waals surface area contributed by atoms with Gasteiger partial charge in [-0.05, 0) is 71.9 Å². The van der Waals surface area contributed by atoms with Crippen LogP contribution in [0.4, 0.5) is 17.1 Å². The van der Waals surface area contributed by atoms with Gasteiger partial charge < -0.3 is 55.2 Å². The maximum Gasteiger partial charge on any atom is 0.299 e.